The Hall–Kier alpha value is -3.46. The lowest BCUT2D eigenvalue weighted by atomic mass is 10.1. The van der Waals surface area contributed by atoms with Gasteiger partial charge in [0.1, 0.15) is 6.54 Å². The maximum absolute atomic E-state index is 12.5. The lowest BCUT2D eigenvalue weighted by Crippen LogP contribution is -2.42. The predicted molar refractivity (Wildman–Crippen MR) is 122 cm³/mol. The van der Waals surface area contributed by atoms with Crippen molar-refractivity contribution >= 4 is 34.2 Å². The van der Waals surface area contributed by atoms with Gasteiger partial charge in [-0.1, -0.05) is 30.3 Å². The molecule has 2 aromatic heterocycles. The fourth-order valence-electron chi connectivity index (χ4n) is 3.01. The van der Waals surface area contributed by atoms with Crippen molar-refractivity contribution in [3.8, 4) is 0 Å². The van der Waals surface area contributed by atoms with Crippen molar-refractivity contribution in [3.63, 3.8) is 0 Å². The molecule has 0 atom stereocenters. The highest BCUT2D eigenvalue weighted by Crippen LogP contribution is 2.16. The maximum Gasteiger partial charge on any atom is 0.290 e. The molecular formula is C23H26N4O4S. The Labute approximate surface area is 190 Å². The molecule has 3 amide bonds. The Kier molecular flexibility index (Phi) is 8.15. The molecule has 0 saturated carbocycles. The topological polar surface area (TPSA) is 105 Å². The van der Waals surface area contributed by atoms with E-state index in [0.717, 1.165) is 12.0 Å². The third kappa shape index (κ3) is 6.78. The molecule has 0 bridgehead atoms. The van der Waals surface area contributed by atoms with Gasteiger partial charge in [-0.15, -0.1) is 11.3 Å². The van der Waals surface area contributed by atoms with E-state index in [0.29, 0.717) is 17.4 Å². The number of nitrogens with one attached hydrogen (secondary N) is 2. The number of aromatic nitrogens is 1. The van der Waals surface area contributed by atoms with E-state index in [9.17, 15) is 14.4 Å². The van der Waals surface area contributed by atoms with Gasteiger partial charge in [0.05, 0.1) is 18.4 Å². The highest BCUT2D eigenvalue weighted by molar-refractivity contribution is 7.13. The number of carbonyl (C=O) groups excluding carboxylic acids is 3. The molecule has 0 fully saturated rings. The van der Waals surface area contributed by atoms with Crippen molar-refractivity contribution in [2.24, 2.45) is 0 Å². The molecule has 2 N–H and O–H groups in total. The largest absolute Gasteiger partial charge is 0.459 e. The first kappa shape index (κ1) is 23.2. The van der Waals surface area contributed by atoms with Gasteiger partial charge >= 0.3 is 0 Å². The van der Waals surface area contributed by atoms with E-state index in [4.69, 9.17) is 4.42 Å². The van der Waals surface area contributed by atoms with Crippen LogP contribution in [-0.2, 0) is 22.4 Å². The molecule has 0 spiro atoms. The van der Waals surface area contributed by atoms with Gasteiger partial charge in [-0.3, -0.25) is 14.4 Å². The molecule has 0 aliphatic carbocycles. The summed E-state index contributed by atoms with van der Waals surface area (Å²) in [7, 11) is 0. The average Bonchev–Trinajstić information content (AvgIpc) is 3.44. The number of nitrogens with zero attached hydrogens (tertiary/aromatic N) is 2. The lowest BCUT2D eigenvalue weighted by Gasteiger charge is -2.24. The van der Waals surface area contributed by atoms with E-state index in [1.54, 1.807) is 17.5 Å². The number of rotatable bonds is 10. The predicted octanol–water partition coefficient (Wildman–Crippen LogP) is 3.13. The first-order valence-corrected chi connectivity index (χ1v) is 11.2. The van der Waals surface area contributed by atoms with Gasteiger partial charge in [-0.2, -0.15) is 0 Å². The molecular weight excluding hydrogens is 428 g/mol. The van der Waals surface area contributed by atoms with Gasteiger partial charge in [0, 0.05) is 18.0 Å². The number of furan rings is 1. The summed E-state index contributed by atoms with van der Waals surface area (Å²) >= 11 is 1.24. The number of amides is 3. The van der Waals surface area contributed by atoms with Crippen LogP contribution in [0.4, 0.5) is 5.13 Å². The molecule has 0 aliphatic rings. The van der Waals surface area contributed by atoms with E-state index in [1.807, 2.05) is 44.2 Å². The van der Waals surface area contributed by atoms with Crippen LogP contribution in [0.15, 0.2) is 58.5 Å². The Morgan fingerprint density at radius 1 is 1.09 bits per heavy atom. The number of anilines is 1. The number of benzene rings is 1. The molecule has 0 unspecified atom stereocenters. The molecule has 1 aromatic carbocycles. The SMILES string of the molecule is CC(C)N(CC(=O)Nc1nc(CC(=O)NCCc2ccccc2)cs1)C(=O)c1ccco1. The monoisotopic (exact) mass is 454 g/mol. The Morgan fingerprint density at radius 3 is 2.56 bits per heavy atom. The molecule has 168 valence electrons. The summed E-state index contributed by atoms with van der Waals surface area (Å²) < 4.78 is 5.15. The fourth-order valence-corrected chi connectivity index (χ4v) is 3.73. The Morgan fingerprint density at radius 2 is 1.88 bits per heavy atom. The summed E-state index contributed by atoms with van der Waals surface area (Å²) in [5, 5.41) is 7.70. The quantitative estimate of drug-likeness (QED) is 0.490. The summed E-state index contributed by atoms with van der Waals surface area (Å²) in [6.07, 6.45) is 2.31. The highest BCUT2D eigenvalue weighted by Gasteiger charge is 2.24. The minimum absolute atomic E-state index is 0.126. The van der Waals surface area contributed by atoms with Crippen LogP contribution in [0, 0.1) is 0 Å². The molecule has 0 radical (unpaired) electrons. The second-order valence-electron chi connectivity index (χ2n) is 7.46. The standard InChI is InChI=1S/C23H26N4O4S/c1-16(2)27(22(30)19-9-6-12-31-19)14-21(29)26-23-25-18(15-32-23)13-20(28)24-11-10-17-7-4-3-5-8-17/h3-9,12,15-16H,10-11,13-14H2,1-2H3,(H,24,28)(H,25,26,29). The zero-order valence-corrected chi connectivity index (χ0v) is 18.9. The van der Waals surface area contributed by atoms with Crippen LogP contribution >= 0.6 is 11.3 Å². The van der Waals surface area contributed by atoms with E-state index < -0.39 is 0 Å². The van der Waals surface area contributed by atoms with Gasteiger partial charge < -0.3 is 20.0 Å². The molecule has 3 aromatic rings. The first-order valence-electron chi connectivity index (χ1n) is 10.3. The smallest absolute Gasteiger partial charge is 0.290 e. The van der Waals surface area contributed by atoms with Crippen molar-refractivity contribution in [1.29, 1.82) is 0 Å². The van der Waals surface area contributed by atoms with Gasteiger partial charge in [0.2, 0.25) is 11.8 Å². The first-order chi connectivity index (χ1) is 15.4. The zero-order chi connectivity index (χ0) is 22.9. The summed E-state index contributed by atoms with van der Waals surface area (Å²) in [5.74, 6) is -0.667. The van der Waals surface area contributed by atoms with E-state index >= 15 is 0 Å². The zero-order valence-electron chi connectivity index (χ0n) is 18.0. The van der Waals surface area contributed by atoms with Crippen molar-refractivity contribution in [2.75, 3.05) is 18.4 Å². The summed E-state index contributed by atoms with van der Waals surface area (Å²) in [4.78, 5) is 42.9. The Balaban J connectivity index is 1.46. The molecule has 32 heavy (non-hydrogen) atoms. The molecule has 0 saturated heterocycles. The van der Waals surface area contributed by atoms with Crippen LogP contribution in [0.5, 0.6) is 0 Å². The van der Waals surface area contributed by atoms with Gasteiger partial charge in [0.15, 0.2) is 10.9 Å². The van der Waals surface area contributed by atoms with Crippen molar-refractivity contribution in [3.05, 3.63) is 71.1 Å². The number of thiazole rings is 1. The third-order valence-corrected chi connectivity index (χ3v) is 5.46. The molecule has 0 aliphatic heterocycles. The van der Waals surface area contributed by atoms with Crippen molar-refractivity contribution in [2.45, 2.75) is 32.7 Å². The van der Waals surface area contributed by atoms with Crippen LogP contribution in [0.2, 0.25) is 0 Å². The second kappa shape index (κ2) is 11.2. The maximum atomic E-state index is 12.5. The van der Waals surface area contributed by atoms with Crippen LogP contribution in [0.1, 0.15) is 35.7 Å². The van der Waals surface area contributed by atoms with Crippen LogP contribution in [0.25, 0.3) is 0 Å². The number of carbonyl (C=O) groups is 3. The van der Waals surface area contributed by atoms with Gasteiger partial charge in [-0.05, 0) is 38.0 Å². The molecule has 2 heterocycles. The lowest BCUT2D eigenvalue weighted by molar-refractivity contribution is -0.120. The molecule has 3 rings (SSSR count). The molecule has 9 heteroatoms. The van der Waals surface area contributed by atoms with Crippen LogP contribution in [-0.4, -0.2) is 46.7 Å². The van der Waals surface area contributed by atoms with Crippen LogP contribution < -0.4 is 10.6 Å². The third-order valence-electron chi connectivity index (χ3n) is 4.65. The van der Waals surface area contributed by atoms with Crippen molar-refractivity contribution < 1.29 is 18.8 Å². The normalized spacial score (nSPS) is 10.7. The van der Waals surface area contributed by atoms with E-state index in [-0.39, 0.29) is 42.5 Å². The van der Waals surface area contributed by atoms with Gasteiger partial charge in [0.25, 0.3) is 5.91 Å². The second-order valence-corrected chi connectivity index (χ2v) is 8.32. The number of hydrogen-bond donors (Lipinski definition) is 2. The summed E-state index contributed by atoms with van der Waals surface area (Å²) in [6, 6.07) is 12.9. The Bertz CT molecular complexity index is 1030. The van der Waals surface area contributed by atoms with Gasteiger partial charge in [-0.25, -0.2) is 4.98 Å². The minimum Gasteiger partial charge on any atom is -0.459 e. The van der Waals surface area contributed by atoms with Crippen molar-refractivity contribution in [1.82, 2.24) is 15.2 Å². The number of hydrogen-bond acceptors (Lipinski definition) is 6. The summed E-state index contributed by atoms with van der Waals surface area (Å²) in [5.41, 5.74) is 1.74. The molecule has 8 nitrogen and oxygen atoms in total. The van der Waals surface area contributed by atoms with E-state index in [2.05, 4.69) is 15.6 Å². The average molecular weight is 455 g/mol. The van der Waals surface area contributed by atoms with Crippen LogP contribution in [0.3, 0.4) is 0 Å². The van der Waals surface area contributed by atoms with E-state index in [1.165, 1.54) is 22.5 Å². The minimum atomic E-state index is -0.369. The highest BCUT2D eigenvalue weighted by atomic mass is 32.1. The fraction of sp³-hybridized carbons (Fsp3) is 0.304. The summed E-state index contributed by atoms with van der Waals surface area (Å²) in [6.45, 7) is 4.06.